The van der Waals surface area contributed by atoms with E-state index in [0.717, 1.165) is 31.1 Å². The fraction of sp³-hybridized carbons (Fsp3) is 0.778. The van der Waals surface area contributed by atoms with Gasteiger partial charge < -0.3 is 9.47 Å². The van der Waals surface area contributed by atoms with E-state index < -0.39 is 0 Å². The van der Waals surface area contributed by atoms with E-state index in [9.17, 15) is 0 Å². The maximum Gasteiger partial charge on any atom is 0.177 e. The van der Waals surface area contributed by atoms with Gasteiger partial charge in [0.05, 0.1) is 11.7 Å². The van der Waals surface area contributed by atoms with Crippen LogP contribution in [-0.4, -0.2) is 18.0 Å². The normalized spacial score (nSPS) is 47.2. The van der Waals surface area contributed by atoms with E-state index in [4.69, 9.17) is 9.47 Å². The van der Waals surface area contributed by atoms with Crippen LogP contribution in [0.3, 0.4) is 0 Å². The summed E-state index contributed by atoms with van der Waals surface area (Å²) >= 11 is 0. The van der Waals surface area contributed by atoms with E-state index in [-0.39, 0.29) is 18.0 Å². The zero-order valence-corrected chi connectivity index (χ0v) is 13.2. The number of rotatable bonds is 1. The molecule has 1 saturated heterocycles. The first kappa shape index (κ1) is 14.3. The van der Waals surface area contributed by atoms with Gasteiger partial charge in [-0.25, -0.2) is 0 Å². The molecule has 1 heterocycles. The number of allylic oxidation sites excluding steroid dienone is 1. The molecule has 112 valence electrons. The van der Waals surface area contributed by atoms with E-state index >= 15 is 0 Å². The highest BCUT2D eigenvalue weighted by Crippen LogP contribution is 2.57. The average Bonchev–Trinajstić information content (AvgIpc) is 2.70. The van der Waals surface area contributed by atoms with Crippen LogP contribution in [0.2, 0.25) is 0 Å². The standard InChI is InChI=1S/C18H28O2/c1-6-16-19-15-8-7-12(2)13-11-17(3,4)14(13)9-10-18(15,5)20-16/h6,13-16H,1-2,7-11H2,3-5H3/t13-,14-,15?,16?,18?/m1/s1. The van der Waals surface area contributed by atoms with Gasteiger partial charge in [-0.2, -0.15) is 0 Å². The van der Waals surface area contributed by atoms with Crippen LogP contribution in [0.5, 0.6) is 0 Å². The predicted octanol–water partition coefficient (Wildman–Crippen LogP) is 4.47. The second-order valence-electron chi connectivity index (χ2n) is 7.80. The largest absolute Gasteiger partial charge is 0.343 e. The Morgan fingerprint density at radius 3 is 2.65 bits per heavy atom. The van der Waals surface area contributed by atoms with Crippen molar-refractivity contribution in [2.24, 2.45) is 17.3 Å². The maximum absolute atomic E-state index is 6.13. The third-order valence-corrected chi connectivity index (χ3v) is 6.00. The first-order valence-corrected chi connectivity index (χ1v) is 7.99. The summed E-state index contributed by atoms with van der Waals surface area (Å²) < 4.78 is 12.2. The molecule has 0 bridgehead atoms. The van der Waals surface area contributed by atoms with Crippen molar-refractivity contribution < 1.29 is 9.47 Å². The Hall–Kier alpha value is -0.600. The third kappa shape index (κ3) is 2.17. The van der Waals surface area contributed by atoms with Crippen molar-refractivity contribution in [3.63, 3.8) is 0 Å². The fourth-order valence-corrected chi connectivity index (χ4v) is 4.58. The van der Waals surface area contributed by atoms with Gasteiger partial charge in [-0.3, -0.25) is 0 Å². The van der Waals surface area contributed by atoms with E-state index in [1.807, 2.05) is 0 Å². The number of ether oxygens (including phenoxy) is 2. The van der Waals surface area contributed by atoms with Gasteiger partial charge in [0.15, 0.2) is 6.29 Å². The maximum atomic E-state index is 6.13. The molecule has 0 aromatic rings. The first-order valence-electron chi connectivity index (χ1n) is 7.99. The molecular weight excluding hydrogens is 248 g/mol. The van der Waals surface area contributed by atoms with Crippen molar-refractivity contribution >= 4 is 0 Å². The van der Waals surface area contributed by atoms with Gasteiger partial charge in [0.25, 0.3) is 0 Å². The number of fused-ring (bicyclic) bond motifs is 2. The average molecular weight is 276 g/mol. The van der Waals surface area contributed by atoms with Crippen LogP contribution >= 0.6 is 0 Å². The summed E-state index contributed by atoms with van der Waals surface area (Å²) in [6, 6.07) is 0. The third-order valence-electron chi connectivity index (χ3n) is 6.00. The van der Waals surface area contributed by atoms with Crippen LogP contribution in [0.15, 0.2) is 24.8 Å². The molecular formula is C18H28O2. The zero-order chi connectivity index (χ0) is 14.5. The smallest absolute Gasteiger partial charge is 0.177 e. The second-order valence-corrected chi connectivity index (χ2v) is 7.80. The highest BCUT2D eigenvalue weighted by molar-refractivity contribution is 5.15. The Morgan fingerprint density at radius 2 is 2.00 bits per heavy atom. The van der Waals surface area contributed by atoms with Crippen molar-refractivity contribution in [1.29, 1.82) is 0 Å². The summed E-state index contributed by atoms with van der Waals surface area (Å²) in [6.07, 6.45) is 7.43. The Kier molecular flexibility index (Phi) is 3.38. The lowest BCUT2D eigenvalue weighted by molar-refractivity contribution is -0.0663. The van der Waals surface area contributed by atoms with Crippen molar-refractivity contribution in [1.82, 2.24) is 0 Å². The van der Waals surface area contributed by atoms with E-state index in [1.54, 1.807) is 6.08 Å². The molecule has 0 aromatic carbocycles. The summed E-state index contributed by atoms with van der Waals surface area (Å²) in [5, 5.41) is 0. The summed E-state index contributed by atoms with van der Waals surface area (Å²) in [5.74, 6) is 1.49. The minimum absolute atomic E-state index is 0.153. The second kappa shape index (κ2) is 4.71. The van der Waals surface area contributed by atoms with Crippen LogP contribution in [-0.2, 0) is 9.47 Å². The number of hydrogen-bond donors (Lipinski definition) is 0. The monoisotopic (exact) mass is 276 g/mol. The van der Waals surface area contributed by atoms with Crippen molar-refractivity contribution in [2.45, 2.75) is 70.9 Å². The predicted molar refractivity (Wildman–Crippen MR) is 81.3 cm³/mol. The lowest BCUT2D eigenvalue weighted by atomic mass is 9.52. The van der Waals surface area contributed by atoms with Crippen LogP contribution in [0, 0.1) is 17.3 Å². The molecule has 0 spiro atoms. The molecule has 20 heavy (non-hydrogen) atoms. The zero-order valence-electron chi connectivity index (χ0n) is 13.2. The molecule has 3 aliphatic rings. The lowest BCUT2D eigenvalue weighted by Gasteiger charge is -2.53. The van der Waals surface area contributed by atoms with Gasteiger partial charge in [-0.05, 0) is 62.4 Å². The summed E-state index contributed by atoms with van der Waals surface area (Å²) in [5.41, 5.74) is 1.74. The van der Waals surface area contributed by atoms with Gasteiger partial charge in [0.2, 0.25) is 0 Å². The molecule has 3 fully saturated rings. The van der Waals surface area contributed by atoms with Crippen LogP contribution < -0.4 is 0 Å². The molecule has 3 rings (SSSR count). The number of hydrogen-bond acceptors (Lipinski definition) is 2. The van der Waals surface area contributed by atoms with Gasteiger partial charge in [-0.15, -0.1) is 0 Å². The van der Waals surface area contributed by atoms with E-state index in [2.05, 4.69) is 33.9 Å². The molecule has 0 N–H and O–H groups in total. The topological polar surface area (TPSA) is 18.5 Å². The fourth-order valence-electron chi connectivity index (χ4n) is 4.58. The molecule has 0 aromatic heterocycles. The highest BCUT2D eigenvalue weighted by Gasteiger charge is 2.52. The Balaban J connectivity index is 1.80. The van der Waals surface area contributed by atoms with Crippen molar-refractivity contribution in [3.8, 4) is 0 Å². The highest BCUT2D eigenvalue weighted by atomic mass is 16.7. The van der Waals surface area contributed by atoms with Gasteiger partial charge in [0.1, 0.15) is 0 Å². The summed E-state index contributed by atoms with van der Waals surface area (Å²) in [4.78, 5) is 0. The quantitative estimate of drug-likeness (QED) is 0.658. The molecule has 2 nitrogen and oxygen atoms in total. The van der Waals surface area contributed by atoms with Crippen LogP contribution in [0.1, 0.15) is 52.9 Å². The minimum atomic E-state index is -0.233. The lowest BCUT2D eigenvalue weighted by Crippen LogP contribution is -2.45. The summed E-state index contributed by atoms with van der Waals surface area (Å²) in [6.45, 7) is 15.2. The molecule has 1 aliphatic heterocycles. The molecule has 0 radical (unpaired) electrons. The van der Waals surface area contributed by atoms with E-state index in [1.165, 1.54) is 18.4 Å². The van der Waals surface area contributed by atoms with Crippen molar-refractivity contribution in [3.05, 3.63) is 24.8 Å². The molecule has 0 amide bonds. The van der Waals surface area contributed by atoms with Crippen molar-refractivity contribution in [2.75, 3.05) is 0 Å². The molecule has 3 unspecified atom stereocenters. The molecule has 2 heteroatoms. The molecule has 2 saturated carbocycles. The van der Waals surface area contributed by atoms with Crippen LogP contribution in [0.25, 0.3) is 0 Å². The Morgan fingerprint density at radius 1 is 1.25 bits per heavy atom. The van der Waals surface area contributed by atoms with Crippen LogP contribution in [0.4, 0.5) is 0 Å². The van der Waals surface area contributed by atoms with Gasteiger partial charge in [0, 0.05) is 0 Å². The van der Waals surface area contributed by atoms with Gasteiger partial charge in [-0.1, -0.05) is 32.6 Å². The summed E-state index contributed by atoms with van der Waals surface area (Å²) in [7, 11) is 0. The van der Waals surface area contributed by atoms with Gasteiger partial charge >= 0.3 is 0 Å². The minimum Gasteiger partial charge on any atom is -0.343 e. The molecule has 2 aliphatic carbocycles. The molecule has 5 atom stereocenters. The van der Waals surface area contributed by atoms with E-state index in [0.29, 0.717) is 5.41 Å². The first-order chi connectivity index (χ1) is 9.36. The Labute approximate surface area is 123 Å². The Bertz CT molecular complexity index is 425. The SMILES string of the molecule is C=CC1OC2CCC(=C)[C@H]3CC(C)(C)[C@@H]3CCC2(C)O1.